The van der Waals surface area contributed by atoms with E-state index in [0.717, 1.165) is 17.2 Å². The molecule has 1 aromatic carbocycles. The minimum absolute atomic E-state index is 0.154. The molecule has 0 unspecified atom stereocenters. The largest absolute Gasteiger partial charge is 0.506 e. The van der Waals surface area contributed by atoms with Gasteiger partial charge in [0, 0.05) is 24.3 Å². The third kappa shape index (κ3) is 3.52. The quantitative estimate of drug-likeness (QED) is 0.438. The van der Waals surface area contributed by atoms with Crippen molar-refractivity contribution in [2.45, 2.75) is 12.1 Å². The predicted octanol–water partition coefficient (Wildman–Crippen LogP) is 4.80. The Morgan fingerprint density at radius 3 is 2.55 bits per heavy atom. The molecule has 8 heteroatoms. The fraction of sp³-hybridized carbons (Fsp3) is 0.0870. The molecule has 2 N–H and O–H groups in total. The molecule has 5 rings (SSSR count). The first kappa shape index (κ1) is 19.5. The van der Waals surface area contributed by atoms with Crippen LogP contribution in [0.15, 0.2) is 85.3 Å². The second-order valence-corrected chi connectivity index (χ2v) is 7.95. The SMILES string of the molecule is Oc1ccccc1N1C(=S)N[C@H](c2ccccn2)[C@H]1c1cccn1-c1ccc(Cl)cn1. The lowest BCUT2D eigenvalue weighted by molar-refractivity contribution is 0.472. The number of rotatable bonds is 4. The summed E-state index contributed by atoms with van der Waals surface area (Å²) in [5.74, 6) is 0.889. The second kappa shape index (κ2) is 8.02. The predicted molar refractivity (Wildman–Crippen MR) is 125 cm³/mol. The van der Waals surface area contributed by atoms with Gasteiger partial charge < -0.3 is 19.9 Å². The summed E-state index contributed by atoms with van der Waals surface area (Å²) < 4.78 is 2.00. The summed E-state index contributed by atoms with van der Waals surface area (Å²) in [4.78, 5) is 11.0. The third-order valence-electron chi connectivity index (χ3n) is 5.28. The summed E-state index contributed by atoms with van der Waals surface area (Å²) in [5.41, 5.74) is 2.42. The maximum absolute atomic E-state index is 10.6. The maximum atomic E-state index is 10.6. The number of aromatic nitrogens is 3. The number of halogens is 1. The first-order valence-corrected chi connectivity index (χ1v) is 10.5. The van der Waals surface area contributed by atoms with Crippen LogP contribution in [0.5, 0.6) is 5.75 Å². The van der Waals surface area contributed by atoms with E-state index in [4.69, 9.17) is 23.8 Å². The topological polar surface area (TPSA) is 66.2 Å². The molecule has 3 aromatic heterocycles. The molecule has 1 aliphatic rings. The van der Waals surface area contributed by atoms with Gasteiger partial charge in [-0.2, -0.15) is 0 Å². The van der Waals surface area contributed by atoms with Crippen molar-refractivity contribution in [3.63, 3.8) is 0 Å². The van der Waals surface area contributed by atoms with Crippen LogP contribution in [-0.2, 0) is 0 Å². The summed E-state index contributed by atoms with van der Waals surface area (Å²) in [6.07, 6.45) is 5.33. The molecule has 6 nitrogen and oxygen atoms in total. The Bertz CT molecular complexity index is 1230. The second-order valence-electron chi connectivity index (χ2n) is 7.12. The first-order valence-electron chi connectivity index (χ1n) is 9.71. The number of benzene rings is 1. The molecule has 0 bridgehead atoms. The normalized spacial score (nSPS) is 18.2. The van der Waals surface area contributed by atoms with E-state index in [1.165, 1.54) is 0 Å². The van der Waals surface area contributed by atoms with Crippen LogP contribution in [-0.4, -0.2) is 24.8 Å². The maximum Gasteiger partial charge on any atom is 0.174 e. The van der Waals surface area contributed by atoms with Crippen molar-refractivity contribution in [1.29, 1.82) is 0 Å². The van der Waals surface area contributed by atoms with Crippen molar-refractivity contribution < 1.29 is 5.11 Å². The molecular weight excluding hydrogens is 430 g/mol. The number of hydrogen-bond acceptors (Lipinski definition) is 4. The third-order valence-corrected chi connectivity index (χ3v) is 5.82. The van der Waals surface area contributed by atoms with Crippen LogP contribution in [0.25, 0.3) is 5.82 Å². The average Bonchev–Trinajstić information content (AvgIpc) is 3.40. The van der Waals surface area contributed by atoms with Crippen molar-refractivity contribution in [1.82, 2.24) is 19.9 Å². The van der Waals surface area contributed by atoms with Crippen molar-refractivity contribution in [3.05, 3.63) is 102 Å². The Kier molecular flexibility index (Phi) is 5.05. The molecule has 31 heavy (non-hydrogen) atoms. The minimum Gasteiger partial charge on any atom is -0.506 e. The number of anilines is 1. The van der Waals surface area contributed by atoms with Crippen molar-refractivity contribution >= 4 is 34.6 Å². The van der Waals surface area contributed by atoms with Gasteiger partial charge in [0.25, 0.3) is 0 Å². The highest BCUT2D eigenvalue weighted by atomic mass is 35.5. The number of para-hydroxylation sites is 2. The zero-order valence-corrected chi connectivity index (χ0v) is 17.8. The Morgan fingerprint density at radius 2 is 1.81 bits per heavy atom. The van der Waals surface area contributed by atoms with E-state index >= 15 is 0 Å². The van der Waals surface area contributed by atoms with Gasteiger partial charge >= 0.3 is 0 Å². The summed E-state index contributed by atoms with van der Waals surface area (Å²) in [7, 11) is 0. The molecule has 1 saturated heterocycles. The molecule has 0 aliphatic carbocycles. The van der Waals surface area contributed by atoms with Gasteiger partial charge in [0.1, 0.15) is 17.6 Å². The standard InChI is InChI=1S/C23H18ClN5OS/c24-15-10-11-20(26-14-15)28-13-5-8-18(28)22-21(16-6-3-4-12-25-16)27-23(31)29(22)17-7-1-2-9-19(17)30/h1-14,21-22,30H,(H,27,31)/t21-,22-/m1/s1. The highest BCUT2D eigenvalue weighted by molar-refractivity contribution is 7.80. The van der Waals surface area contributed by atoms with E-state index in [1.54, 1.807) is 24.5 Å². The summed E-state index contributed by atoms with van der Waals surface area (Å²) in [6.45, 7) is 0. The Balaban J connectivity index is 1.68. The van der Waals surface area contributed by atoms with Crippen LogP contribution in [0.3, 0.4) is 0 Å². The lowest BCUT2D eigenvalue weighted by Gasteiger charge is -2.29. The van der Waals surface area contributed by atoms with Crippen LogP contribution < -0.4 is 10.2 Å². The Labute approximate surface area is 189 Å². The van der Waals surface area contributed by atoms with Gasteiger partial charge in [-0.15, -0.1) is 0 Å². The van der Waals surface area contributed by atoms with E-state index in [2.05, 4.69) is 15.3 Å². The van der Waals surface area contributed by atoms with Gasteiger partial charge in [-0.3, -0.25) is 4.98 Å². The summed E-state index contributed by atoms with van der Waals surface area (Å²) in [5, 5.41) is 15.1. The zero-order chi connectivity index (χ0) is 21.4. The number of aromatic hydroxyl groups is 1. The molecule has 2 atom stereocenters. The van der Waals surface area contributed by atoms with Crippen LogP contribution in [0.1, 0.15) is 23.5 Å². The van der Waals surface area contributed by atoms with Gasteiger partial charge in [-0.25, -0.2) is 4.98 Å². The molecule has 0 radical (unpaired) electrons. The smallest absolute Gasteiger partial charge is 0.174 e. The molecule has 4 heterocycles. The van der Waals surface area contributed by atoms with Gasteiger partial charge in [0.2, 0.25) is 0 Å². The summed E-state index contributed by atoms with van der Waals surface area (Å²) in [6, 6.07) is 20.1. The average molecular weight is 448 g/mol. The van der Waals surface area contributed by atoms with Crippen molar-refractivity contribution in [3.8, 4) is 11.6 Å². The fourth-order valence-electron chi connectivity index (χ4n) is 3.94. The number of thiocarbonyl (C=S) groups is 1. The van der Waals surface area contributed by atoms with E-state index in [-0.39, 0.29) is 17.8 Å². The number of nitrogens with one attached hydrogen (secondary N) is 1. The van der Waals surface area contributed by atoms with E-state index in [9.17, 15) is 5.11 Å². The number of nitrogens with zero attached hydrogens (tertiary/aromatic N) is 4. The lowest BCUT2D eigenvalue weighted by atomic mass is 10.0. The number of pyridine rings is 2. The lowest BCUT2D eigenvalue weighted by Crippen LogP contribution is -2.30. The minimum atomic E-state index is -0.275. The van der Waals surface area contributed by atoms with E-state index in [1.807, 2.05) is 70.3 Å². The van der Waals surface area contributed by atoms with Gasteiger partial charge in [-0.1, -0.05) is 29.8 Å². The molecule has 154 valence electrons. The van der Waals surface area contributed by atoms with E-state index < -0.39 is 0 Å². The number of hydrogen-bond donors (Lipinski definition) is 2. The van der Waals surface area contributed by atoms with Crippen LogP contribution in [0.4, 0.5) is 5.69 Å². The first-order chi connectivity index (χ1) is 15.1. The molecule has 1 aliphatic heterocycles. The van der Waals surface area contributed by atoms with Crippen molar-refractivity contribution in [2.75, 3.05) is 4.90 Å². The monoisotopic (exact) mass is 447 g/mol. The molecular formula is C23H18ClN5OS. The van der Waals surface area contributed by atoms with Crippen LogP contribution >= 0.6 is 23.8 Å². The fourth-order valence-corrected chi connectivity index (χ4v) is 4.39. The Morgan fingerprint density at radius 1 is 0.968 bits per heavy atom. The van der Waals surface area contributed by atoms with Crippen molar-refractivity contribution in [2.24, 2.45) is 0 Å². The number of phenolic OH excluding ortho intramolecular Hbond substituents is 1. The highest BCUT2D eigenvalue weighted by Crippen LogP contribution is 2.44. The summed E-state index contributed by atoms with van der Waals surface area (Å²) >= 11 is 11.8. The van der Waals surface area contributed by atoms with Gasteiger partial charge in [0.15, 0.2) is 5.11 Å². The van der Waals surface area contributed by atoms with Gasteiger partial charge in [0.05, 0.1) is 22.4 Å². The molecule has 1 fully saturated rings. The van der Waals surface area contributed by atoms with Gasteiger partial charge in [-0.05, 0) is 60.7 Å². The Hall–Kier alpha value is -3.42. The van der Waals surface area contributed by atoms with Crippen LogP contribution in [0, 0.1) is 0 Å². The molecule has 0 spiro atoms. The molecule has 0 saturated carbocycles. The number of phenols is 1. The highest BCUT2D eigenvalue weighted by Gasteiger charge is 2.43. The van der Waals surface area contributed by atoms with Crippen LogP contribution in [0.2, 0.25) is 5.02 Å². The molecule has 0 amide bonds. The molecule has 4 aromatic rings. The zero-order valence-electron chi connectivity index (χ0n) is 16.3. The van der Waals surface area contributed by atoms with E-state index in [0.29, 0.717) is 15.8 Å².